The molecule has 2 aromatic rings. The van der Waals surface area contributed by atoms with Gasteiger partial charge in [0.2, 0.25) is 5.43 Å². The van der Waals surface area contributed by atoms with Crippen molar-refractivity contribution in [3.05, 3.63) is 61.5 Å². The summed E-state index contributed by atoms with van der Waals surface area (Å²) >= 11 is 0. The van der Waals surface area contributed by atoms with Crippen molar-refractivity contribution in [2.75, 3.05) is 45.7 Å². The number of para-hydroxylation sites is 1. The van der Waals surface area contributed by atoms with Crippen LogP contribution >= 0.6 is 0 Å². The van der Waals surface area contributed by atoms with Crippen LogP contribution in [0.15, 0.2) is 39.6 Å². The van der Waals surface area contributed by atoms with E-state index in [0.717, 1.165) is 49.0 Å². The SMILES string of the molecule is CCCCOc1c(C=C2N(CCCC[N+](C)(C)C)c3ccccc3C2(C)C)c(=O)c1=O. The Morgan fingerprint density at radius 3 is 2.42 bits per heavy atom. The van der Waals surface area contributed by atoms with Crippen molar-refractivity contribution in [1.29, 1.82) is 0 Å². The van der Waals surface area contributed by atoms with E-state index in [0.29, 0.717) is 12.2 Å². The predicted octanol–water partition coefficient (Wildman–Crippen LogP) is 4.09. The van der Waals surface area contributed by atoms with Crippen LogP contribution in [-0.2, 0) is 5.41 Å². The second-order valence-electron chi connectivity index (χ2n) is 10.1. The third-order valence-electron chi connectivity index (χ3n) is 6.19. The van der Waals surface area contributed by atoms with Gasteiger partial charge in [0.25, 0.3) is 5.43 Å². The molecule has 0 amide bonds. The van der Waals surface area contributed by atoms with Crippen LogP contribution in [0.3, 0.4) is 0 Å². The smallest absolute Gasteiger partial charge is 0.268 e. The molecule has 0 N–H and O–H groups in total. The minimum absolute atomic E-state index is 0.239. The highest BCUT2D eigenvalue weighted by Gasteiger charge is 2.40. The summed E-state index contributed by atoms with van der Waals surface area (Å²) in [7, 11) is 6.64. The minimum Gasteiger partial charge on any atom is -0.489 e. The Balaban J connectivity index is 1.92. The van der Waals surface area contributed by atoms with E-state index < -0.39 is 10.9 Å². The Morgan fingerprint density at radius 1 is 1.03 bits per heavy atom. The van der Waals surface area contributed by atoms with Crippen molar-refractivity contribution < 1.29 is 9.22 Å². The molecule has 1 aliphatic rings. The van der Waals surface area contributed by atoms with Gasteiger partial charge in [0.05, 0.1) is 39.9 Å². The van der Waals surface area contributed by atoms with Gasteiger partial charge in [-0.15, -0.1) is 0 Å². The van der Waals surface area contributed by atoms with Gasteiger partial charge in [-0.25, -0.2) is 0 Å². The number of unbranched alkanes of at least 4 members (excludes halogenated alkanes) is 2. The van der Waals surface area contributed by atoms with Gasteiger partial charge in [0, 0.05) is 23.3 Å². The lowest BCUT2D eigenvalue weighted by atomic mass is 9.83. The summed E-state index contributed by atoms with van der Waals surface area (Å²) < 4.78 is 6.64. The van der Waals surface area contributed by atoms with Gasteiger partial charge in [-0.05, 0) is 37.0 Å². The van der Waals surface area contributed by atoms with Gasteiger partial charge >= 0.3 is 0 Å². The Morgan fingerprint density at radius 2 is 1.74 bits per heavy atom. The van der Waals surface area contributed by atoms with Crippen molar-refractivity contribution in [3.63, 3.8) is 0 Å². The maximum absolute atomic E-state index is 12.4. The van der Waals surface area contributed by atoms with Gasteiger partial charge in [-0.1, -0.05) is 45.4 Å². The van der Waals surface area contributed by atoms with Gasteiger partial charge in [0.15, 0.2) is 5.75 Å². The van der Waals surface area contributed by atoms with Crippen molar-refractivity contribution in [1.82, 2.24) is 0 Å². The molecule has 0 spiro atoms. The Labute approximate surface area is 186 Å². The average Bonchev–Trinajstić information content (AvgIpc) is 2.93. The highest BCUT2D eigenvalue weighted by molar-refractivity contribution is 5.77. The van der Waals surface area contributed by atoms with E-state index in [4.69, 9.17) is 4.74 Å². The van der Waals surface area contributed by atoms with Crippen molar-refractivity contribution in [3.8, 4) is 5.75 Å². The lowest BCUT2D eigenvalue weighted by Gasteiger charge is -2.28. The first-order valence-electron chi connectivity index (χ1n) is 11.4. The molecule has 1 aliphatic heterocycles. The first kappa shape index (κ1) is 23.3. The number of benzene rings is 1. The highest BCUT2D eigenvalue weighted by atomic mass is 16.5. The van der Waals surface area contributed by atoms with Gasteiger partial charge in [0.1, 0.15) is 0 Å². The third kappa shape index (κ3) is 4.77. The zero-order valence-electron chi connectivity index (χ0n) is 20.0. The maximum Gasteiger partial charge on any atom is 0.268 e. The number of ether oxygens (including phenoxy) is 1. The molecule has 0 unspecified atom stereocenters. The highest BCUT2D eigenvalue weighted by Crippen LogP contribution is 2.48. The molecule has 0 aliphatic carbocycles. The second-order valence-corrected chi connectivity index (χ2v) is 10.1. The number of quaternary nitrogens is 1. The van der Waals surface area contributed by atoms with Crippen LogP contribution in [-0.4, -0.2) is 45.3 Å². The molecule has 0 aromatic heterocycles. The molecular formula is C26H37N2O3+. The summed E-state index contributed by atoms with van der Waals surface area (Å²) in [5.41, 5.74) is 2.74. The van der Waals surface area contributed by atoms with E-state index in [9.17, 15) is 9.59 Å². The van der Waals surface area contributed by atoms with E-state index in [2.05, 4.69) is 71.1 Å². The monoisotopic (exact) mass is 425 g/mol. The third-order valence-corrected chi connectivity index (χ3v) is 6.19. The normalized spacial score (nSPS) is 16.8. The molecule has 0 saturated heterocycles. The Bertz CT molecular complexity index is 1020. The molecule has 0 atom stereocenters. The molecule has 0 fully saturated rings. The zero-order chi connectivity index (χ0) is 22.8. The number of allylic oxidation sites excluding steroid dienone is 1. The predicted molar refractivity (Wildman–Crippen MR) is 129 cm³/mol. The maximum atomic E-state index is 12.4. The molecule has 0 saturated carbocycles. The van der Waals surface area contributed by atoms with E-state index in [1.807, 2.05) is 6.08 Å². The van der Waals surface area contributed by atoms with Crippen LogP contribution in [0.2, 0.25) is 0 Å². The molecule has 168 valence electrons. The number of rotatable bonds is 10. The van der Waals surface area contributed by atoms with Gasteiger partial charge < -0.3 is 14.1 Å². The molecule has 1 heterocycles. The van der Waals surface area contributed by atoms with Crippen LogP contribution in [0.5, 0.6) is 5.75 Å². The first-order valence-corrected chi connectivity index (χ1v) is 11.4. The summed E-state index contributed by atoms with van der Waals surface area (Å²) in [5.74, 6) is 0.239. The molecule has 0 radical (unpaired) electrons. The second kappa shape index (κ2) is 8.99. The van der Waals surface area contributed by atoms with Crippen LogP contribution in [0.1, 0.15) is 57.6 Å². The fourth-order valence-electron chi connectivity index (χ4n) is 4.32. The van der Waals surface area contributed by atoms with Crippen molar-refractivity contribution in [2.24, 2.45) is 0 Å². The molecular weight excluding hydrogens is 388 g/mol. The average molecular weight is 426 g/mol. The first-order chi connectivity index (χ1) is 14.6. The fourth-order valence-corrected chi connectivity index (χ4v) is 4.32. The Kier molecular flexibility index (Phi) is 6.75. The van der Waals surface area contributed by atoms with Crippen LogP contribution in [0, 0.1) is 0 Å². The summed E-state index contributed by atoms with van der Waals surface area (Å²) in [6.45, 7) is 8.91. The van der Waals surface area contributed by atoms with E-state index in [-0.39, 0.29) is 11.2 Å². The lowest BCUT2D eigenvalue weighted by molar-refractivity contribution is -0.870. The number of fused-ring (bicyclic) bond motifs is 1. The number of anilines is 1. The van der Waals surface area contributed by atoms with Crippen LogP contribution in [0.25, 0.3) is 6.08 Å². The van der Waals surface area contributed by atoms with Crippen molar-refractivity contribution >= 4 is 11.8 Å². The van der Waals surface area contributed by atoms with E-state index >= 15 is 0 Å². The topological polar surface area (TPSA) is 46.6 Å². The van der Waals surface area contributed by atoms with Crippen molar-refractivity contribution in [2.45, 2.75) is 51.9 Å². The molecule has 5 nitrogen and oxygen atoms in total. The van der Waals surface area contributed by atoms with E-state index in [1.165, 1.54) is 11.3 Å². The minimum atomic E-state index is -0.495. The number of hydrogen-bond donors (Lipinski definition) is 0. The standard InChI is InChI=1S/C26H37N2O3/c1-7-8-17-31-25-19(23(29)24(25)30)18-22-26(2,3)20-13-9-10-14-21(20)27(22)15-11-12-16-28(4,5)6/h9-10,13-14,18H,7-8,11-12,15-17H2,1-6H3/q+1. The summed E-state index contributed by atoms with van der Waals surface area (Å²) in [5, 5.41) is 0. The fraction of sp³-hybridized carbons (Fsp3) is 0.538. The van der Waals surface area contributed by atoms with E-state index in [1.54, 1.807) is 0 Å². The lowest BCUT2D eigenvalue weighted by Crippen LogP contribution is -2.37. The molecule has 0 bridgehead atoms. The number of hydrogen-bond acceptors (Lipinski definition) is 4. The summed E-state index contributed by atoms with van der Waals surface area (Å²) in [6.07, 6.45) is 5.94. The van der Waals surface area contributed by atoms with Crippen LogP contribution in [0.4, 0.5) is 5.69 Å². The molecule has 31 heavy (non-hydrogen) atoms. The van der Waals surface area contributed by atoms with Gasteiger partial charge in [-0.3, -0.25) is 9.59 Å². The molecule has 2 aromatic carbocycles. The molecule has 3 rings (SSSR count). The van der Waals surface area contributed by atoms with Crippen LogP contribution < -0.4 is 20.5 Å². The zero-order valence-corrected chi connectivity index (χ0v) is 20.0. The van der Waals surface area contributed by atoms with Gasteiger partial charge in [-0.2, -0.15) is 0 Å². The summed E-state index contributed by atoms with van der Waals surface area (Å²) in [6, 6.07) is 8.44. The quantitative estimate of drug-likeness (QED) is 0.327. The largest absolute Gasteiger partial charge is 0.489 e. The number of nitrogens with zero attached hydrogens (tertiary/aromatic N) is 2. The summed E-state index contributed by atoms with van der Waals surface area (Å²) in [4.78, 5) is 26.9. The molecule has 5 heteroatoms. The Hall–Kier alpha value is -2.40.